The van der Waals surface area contributed by atoms with Crippen LogP contribution in [0.25, 0.3) is 0 Å². The van der Waals surface area contributed by atoms with E-state index in [-0.39, 0.29) is 0 Å². The third kappa shape index (κ3) is 1.68. The highest BCUT2D eigenvalue weighted by Gasteiger charge is 2.20. The molecule has 0 bridgehead atoms. The average molecular weight is 175 g/mol. The standard InChI is InChI=1S/C11H15N2/c1-12-7-6-9-8-13-11-5-3-2-4-10(9)11/h2-5,9,12-13H,1,6-8H2. The summed E-state index contributed by atoms with van der Waals surface area (Å²) in [6, 6.07) is 8.54. The number of anilines is 1. The van der Waals surface area contributed by atoms with Gasteiger partial charge in [0.15, 0.2) is 0 Å². The van der Waals surface area contributed by atoms with Crippen LogP contribution in [0, 0.1) is 7.05 Å². The fourth-order valence-electron chi connectivity index (χ4n) is 1.89. The van der Waals surface area contributed by atoms with Crippen molar-refractivity contribution >= 4 is 5.69 Å². The molecule has 0 amide bonds. The van der Waals surface area contributed by atoms with Gasteiger partial charge < -0.3 is 10.6 Å². The molecule has 2 nitrogen and oxygen atoms in total. The molecule has 1 aliphatic heterocycles. The summed E-state index contributed by atoms with van der Waals surface area (Å²) in [6.07, 6.45) is 1.16. The number of para-hydroxylation sites is 1. The zero-order valence-corrected chi connectivity index (χ0v) is 7.72. The summed E-state index contributed by atoms with van der Waals surface area (Å²) in [7, 11) is 3.63. The second-order valence-electron chi connectivity index (χ2n) is 3.45. The van der Waals surface area contributed by atoms with E-state index in [1.807, 2.05) is 0 Å². The minimum absolute atomic E-state index is 0.658. The highest BCUT2D eigenvalue weighted by molar-refractivity contribution is 5.57. The molecule has 13 heavy (non-hydrogen) atoms. The van der Waals surface area contributed by atoms with Crippen LogP contribution in [0.1, 0.15) is 17.9 Å². The van der Waals surface area contributed by atoms with Gasteiger partial charge >= 0.3 is 0 Å². The predicted molar refractivity (Wildman–Crippen MR) is 55.6 cm³/mol. The predicted octanol–water partition coefficient (Wildman–Crippen LogP) is 1.97. The van der Waals surface area contributed by atoms with E-state index in [1.165, 1.54) is 11.3 Å². The Morgan fingerprint density at radius 2 is 2.31 bits per heavy atom. The summed E-state index contributed by atoms with van der Waals surface area (Å²) in [5.41, 5.74) is 2.76. The monoisotopic (exact) mass is 175 g/mol. The van der Waals surface area contributed by atoms with Crippen LogP contribution in [-0.2, 0) is 0 Å². The molecule has 1 aliphatic rings. The SMILES string of the molecule is [CH2]NCCC1CNc2ccccc21. The Morgan fingerprint density at radius 1 is 1.46 bits per heavy atom. The van der Waals surface area contributed by atoms with E-state index in [4.69, 9.17) is 0 Å². The highest BCUT2D eigenvalue weighted by atomic mass is 14.9. The third-order valence-electron chi connectivity index (χ3n) is 2.61. The summed E-state index contributed by atoms with van der Waals surface area (Å²) < 4.78 is 0. The quantitative estimate of drug-likeness (QED) is 0.734. The molecule has 2 N–H and O–H groups in total. The third-order valence-corrected chi connectivity index (χ3v) is 2.61. The summed E-state index contributed by atoms with van der Waals surface area (Å²) in [5, 5.41) is 6.36. The van der Waals surface area contributed by atoms with Crippen LogP contribution in [0.15, 0.2) is 24.3 Å². The second-order valence-corrected chi connectivity index (χ2v) is 3.45. The first-order valence-corrected chi connectivity index (χ1v) is 4.74. The van der Waals surface area contributed by atoms with Crippen LogP contribution in [0.2, 0.25) is 0 Å². The van der Waals surface area contributed by atoms with Crippen LogP contribution >= 0.6 is 0 Å². The number of hydrogen-bond acceptors (Lipinski definition) is 2. The fourth-order valence-corrected chi connectivity index (χ4v) is 1.89. The number of rotatable bonds is 3. The van der Waals surface area contributed by atoms with Crippen molar-refractivity contribution in [3.8, 4) is 0 Å². The molecule has 0 saturated carbocycles. The summed E-state index contributed by atoms with van der Waals surface area (Å²) >= 11 is 0. The maximum atomic E-state index is 3.63. The van der Waals surface area contributed by atoms with Crippen LogP contribution < -0.4 is 10.6 Å². The van der Waals surface area contributed by atoms with Gasteiger partial charge in [-0.1, -0.05) is 18.2 Å². The van der Waals surface area contributed by atoms with Gasteiger partial charge in [-0.2, -0.15) is 0 Å². The Hall–Kier alpha value is -1.02. The summed E-state index contributed by atoms with van der Waals surface area (Å²) in [6.45, 7) is 2.06. The van der Waals surface area contributed by atoms with E-state index in [0.717, 1.165) is 19.5 Å². The summed E-state index contributed by atoms with van der Waals surface area (Å²) in [4.78, 5) is 0. The molecule has 0 fully saturated rings. The normalized spacial score (nSPS) is 19.6. The van der Waals surface area contributed by atoms with E-state index < -0.39 is 0 Å². The Balaban J connectivity index is 2.09. The molecular formula is C11H15N2. The van der Waals surface area contributed by atoms with E-state index in [2.05, 4.69) is 41.9 Å². The first-order chi connectivity index (χ1) is 6.42. The van der Waals surface area contributed by atoms with Gasteiger partial charge in [0.05, 0.1) is 0 Å². The van der Waals surface area contributed by atoms with Gasteiger partial charge in [-0.25, -0.2) is 0 Å². The number of benzene rings is 1. The van der Waals surface area contributed by atoms with Crippen LogP contribution in [0.5, 0.6) is 0 Å². The maximum absolute atomic E-state index is 3.63. The van der Waals surface area contributed by atoms with Crippen molar-refractivity contribution in [2.75, 3.05) is 18.4 Å². The molecule has 1 atom stereocenters. The minimum atomic E-state index is 0.658. The van der Waals surface area contributed by atoms with E-state index in [9.17, 15) is 0 Å². The minimum Gasteiger partial charge on any atom is -0.384 e. The zero-order chi connectivity index (χ0) is 9.10. The van der Waals surface area contributed by atoms with Gasteiger partial charge in [-0.15, -0.1) is 0 Å². The van der Waals surface area contributed by atoms with Gasteiger partial charge in [-0.3, -0.25) is 0 Å². The van der Waals surface area contributed by atoms with E-state index >= 15 is 0 Å². The van der Waals surface area contributed by atoms with Crippen molar-refractivity contribution in [2.24, 2.45) is 0 Å². The first-order valence-electron chi connectivity index (χ1n) is 4.74. The molecule has 0 spiro atoms. The smallest absolute Gasteiger partial charge is 0.0376 e. The van der Waals surface area contributed by atoms with Gasteiger partial charge in [0, 0.05) is 25.2 Å². The lowest BCUT2D eigenvalue weighted by atomic mass is 9.98. The molecule has 1 heterocycles. The average Bonchev–Trinajstić information content (AvgIpc) is 2.58. The van der Waals surface area contributed by atoms with Crippen molar-refractivity contribution in [3.63, 3.8) is 0 Å². The molecule has 1 unspecified atom stereocenters. The van der Waals surface area contributed by atoms with Crippen LogP contribution in [0.3, 0.4) is 0 Å². The van der Waals surface area contributed by atoms with Crippen molar-refractivity contribution in [1.29, 1.82) is 0 Å². The molecule has 1 aromatic carbocycles. The molecule has 69 valence electrons. The van der Waals surface area contributed by atoms with Crippen molar-refractivity contribution in [2.45, 2.75) is 12.3 Å². The van der Waals surface area contributed by atoms with E-state index in [0.29, 0.717) is 5.92 Å². The summed E-state index contributed by atoms with van der Waals surface area (Å²) in [5.74, 6) is 0.658. The van der Waals surface area contributed by atoms with Crippen molar-refractivity contribution in [3.05, 3.63) is 36.9 Å². The Morgan fingerprint density at radius 3 is 3.15 bits per heavy atom. The fraction of sp³-hybridized carbons (Fsp3) is 0.364. The Kier molecular flexibility index (Phi) is 2.50. The molecule has 1 aromatic rings. The molecular weight excluding hydrogens is 160 g/mol. The molecule has 1 radical (unpaired) electrons. The Labute approximate surface area is 79.4 Å². The lowest BCUT2D eigenvalue weighted by Gasteiger charge is -2.08. The lowest BCUT2D eigenvalue weighted by Crippen LogP contribution is -2.11. The van der Waals surface area contributed by atoms with Gasteiger partial charge in [0.25, 0.3) is 0 Å². The number of fused-ring (bicyclic) bond motifs is 1. The topological polar surface area (TPSA) is 24.1 Å². The molecule has 0 aliphatic carbocycles. The molecule has 0 saturated heterocycles. The van der Waals surface area contributed by atoms with Crippen molar-refractivity contribution < 1.29 is 0 Å². The van der Waals surface area contributed by atoms with Gasteiger partial charge in [0.1, 0.15) is 0 Å². The van der Waals surface area contributed by atoms with E-state index in [1.54, 1.807) is 0 Å². The number of nitrogens with one attached hydrogen (secondary N) is 2. The first kappa shape index (κ1) is 8.57. The lowest BCUT2D eigenvalue weighted by molar-refractivity contribution is 0.646. The molecule has 2 rings (SSSR count). The van der Waals surface area contributed by atoms with Crippen LogP contribution in [0.4, 0.5) is 5.69 Å². The second kappa shape index (κ2) is 3.79. The molecule has 0 aromatic heterocycles. The number of hydrogen-bond donors (Lipinski definition) is 2. The van der Waals surface area contributed by atoms with Crippen LogP contribution in [-0.4, -0.2) is 13.1 Å². The van der Waals surface area contributed by atoms with Gasteiger partial charge in [0.2, 0.25) is 0 Å². The van der Waals surface area contributed by atoms with Gasteiger partial charge in [-0.05, 0) is 24.6 Å². The van der Waals surface area contributed by atoms with Crippen molar-refractivity contribution in [1.82, 2.24) is 5.32 Å². The highest BCUT2D eigenvalue weighted by Crippen LogP contribution is 2.32. The Bertz CT molecular complexity index is 283. The zero-order valence-electron chi connectivity index (χ0n) is 7.72. The molecule has 2 heteroatoms. The maximum Gasteiger partial charge on any atom is 0.0376 e. The largest absolute Gasteiger partial charge is 0.384 e.